The highest BCUT2D eigenvalue weighted by molar-refractivity contribution is 5.38. The van der Waals surface area contributed by atoms with Gasteiger partial charge in [0.15, 0.2) is 0 Å². The van der Waals surface area contributed by atoms with E-state index >= 15 is 0 Å². The maximum absolute atomic E-state index is 8.46. The first-order valence-electron chi connectivity index (χ1n) is 2.96. The van der Waals surface area contributed by atoms with E-state index in [-0.39, 0.29) is 5.92 Å². The van der Waals surface area contributed by atoms with E-state index in [4.69, 9.17) is 5.26 Å². The molecule has 0 unspecified atom stereocenters. The van der Waals surface area contributed by atoms with Crippen LogP contribution in [0.25, 0.3) is 0 Å². The second-order valence-corrected chi connectivity index (χ2v) is 2.07. The van der Waals surface area contributed by atoms with Crippen LogP contribution >= 0.6 is 0 Å². The number of rotatable bonds is 1. The largest absolute Gasteiger partial charge is 0.198 e. The van der Waals surface area contributed by atoms with Crippen molar-refractivity contribution in [2.45, 2.75) is 6.92 Å². The normalized spacial score (nSPS) is 23.6. The Balaban J connectivity index is 2.34. The van der Waals surface area contributed by atoms with Crippen molar-refractivity contribution in [3.8, 4) is 6.07 Å². The summed E-state index contributed by atoms with van der Waals surface area (Å²) < 4.78 is 0. The fraction of sp³-hybridized carbons (Fsp3) is 0.250. The standard InChI is InChI=1S/C8H8N/c1-7(6-9)8-4-2-3-5-8/h2-5,7H,1H3/t7-/m1/s1. The summed E-state index contributed by atoms with van der Waals surface area (Å²) in [4.78, 5) is 0. The van der Waals surface area contributed by atoms with Gasteiger partial charge in [-0.1, -0.05) is 0 Å². The first-order chi connectivity index (χ1) is 4.34. The lowest BCUT2D eigenvalue weighted by Crippen LogP contribution is -2.02. The van der Waals surface area contributed by atoms with E-state index in [9.17, 15) is 0 Å². The van der Waals surface area contributed by atoms with E-state index in [1.807, 2.05) is 32.6 Å². The SMILES string of the molecule is C[C@H](C#N)[C]1[CH][CH][CH][CH]1. The molecule has 5 radical (unpaired) electrons. The quantitative estimate of drug-likeness (QED) is 0.512. The highest BCUT2D eigenvalue weighted by atomic mass is 14.3. The van der Waals surface area contributed by atoms with Crippen molar-refractivity contribution in [1.82, 2.24) is 0 Å². The van der Waals surface area contributed by atoms with Crippen molar-refractivity contribution >= 4 is 0 Å². The topological polar surface area (TPSA) is 23.8 Å². The highest BCUT2D eigenvalue weighted by Gasteiger charge is 2.22. The minimum absolute atomic E-state index is 0.0417. The average Bonchev–Trinajstić information content (AvgIpc) is 2.37. The maximum atomic E-state index is 8.46. The van der Waals surface area contributed by atoms with Gasteiger partial charge in [-0.2, -0.15) is 5.26 Å². The third kappa shape index (κ3) is 1.45. The summed E-state index contributed by atoms with van der Waals surface area (Å²) in [5, 5.41) is 8.46. The molecule has 0 spiro atoms. The van der Waals surface area contributed by atoms with Crippen molar-refractivity contribution in [1.29, 1.82) is 5.26 Å². The van der Waals surface area contributed by atoms with Crippen molar-refractivity contribution in [3.05, 3.63) is 31.6 Å². The molecule has 1 aliphatic carbocycles. The highest BCUT2D eigenvalue weighted by Crippen LogP contribution is 2.29. The summed E-state index contributed by atoms with van der Waals surface area (Å²) in [7, 11) is 0. The zero-order valence-electron chi connectivity index (χ0n) is 5.33. The predicted octanol–water partition coefficient (Wildman–Crippen LogP) is 1.55. The van der Waals surface area contributed by atoms with E-state index in [1.54, 1.807) is 0 Å². The molecule has 9 heavy (non-hydrogen) atoms. The maximum Gasteiger partial charge on any atom is 0.0659 e. The van der Waals surface area contributed by atoms with Crippen LogP contribution in [0, 0.1) is 48.9 Å². The van der Waals surface area contributed by atoms with Gasteiger partial charge in [-0.15, -0.1) is 0 Å². The van der Waals surface area contributed by atoms with Crippen LogP contribution in [0.1, 0.15) is 6.92 Å². The van der Waals surface area contributed by atoms with E-state index in [1.165, 1.54) is 0 Å². The lowest BCUT2D eigenvalue weighted by molar-refractivity contribution is 0.810. The predicted molar refractivity (Wildman–Crippen MR) is 35.2 cm³/mol. The summed E-state index contributed by atoms with van der Waals surface area (Å²) in [6, 6.07) is 2.17. The first-order valence-corrected chi connectivity index (χ1v) is 2.96. The number of hydrogen-bond donors (Lipinski definition) is 0. The van der Waals surface area contributed by atoms with Gasteiger partial charge < -0.3 is 0 Å². The van der Waals surface area contributed by atoms with Gasteiger partial charge in [-0.05, 0) is 32.6 Å². The zero-order valence-corrected chi connectivity index (χ0v) is 5.33. The third-order valence-electron chi connectivity index (χ3n) is 1.38. The lowest BCUT2D eigenvalue weighted by atomic mass is 9.94. The van der Waals surface area contributed by atoms with Crippen LogP contribution in [0.15, 0.2) is 0 Å². The van der Waals surface area contributed by atoms with Gasteiger partial charge >= 0.3 is 0 Å². The lowest BCUT2D eigenvalue weighted by Gasteiger charge is -2.07. The van der Waals surface area contributed by atoms with Crippen LogP contribution in [-0.2, 0) is 0 Å². The van der Waals surface area contributed by atoms with E-state index < -0.39 is 0 Å². The Bertz CT molecular complexity index is 117. The fourth-order valence-electron chi connectivity index (χ4n) is 0.752. The molecule has 1 heteroatoms. The molecule has 1 rings (SSSR count). The van der Waals surface area contributed by atoms with Gasteiger partial charge in [0.05, 0.1) is 12.0 Å². The minimum atomic E-state index is 0.0417. The van der Waals surface area contributed by atoms with Gasteiger partial charge in [0.25, 0.3) is 0 Å². The molecule has 0 heterocycles. The minimum Gasteiger partial charge on any atom is -0.198 e. The average molecular weight is 118 g/mol. The molecule has 0 amide bonds. The number of hydrogen-bond acceptors (Lipinski definition) is 1. The Morgan fingerprint density at radius 3 is 2.44 bits per heavy atom. The fourth-order valence-corrected chi connectivity index (χ4v) is 0.752. The molecule has 0 bridgehead atoms. The molecular weight excluding hydrogens is 110 g/mol. The molecule has 0 aliphatic heterocycles. The molecule has 0 N–H and O–H groups in total. The van der Waals surface area contributed by atoms with Crippen LogP contribution in [0.5, 0.6) is 0 Å². The van der Waals surface area contributed by atoms with Crippen LogP contribution in [-0.4, -0.2) is 0 Å². The Morgan fingerprint density at radius 1 is 1.44 bits per heavy atom. The number of nitriles is 1. The molecule has 45 valence electrons. The van der Waals surface area contributed by atoms with Gasteiger partial charge in [0, 0.05) is 5.92 Å². The molecule has 1 nitrogen and oxygen atoms in total. The van der Waals surface area contributed by atoms with Crippen LogP contribution < -0.4 is 0 Å². The molecule has 1 fully saturated rings. The molecule has 1 aliphatic rings. The van der Waals surface area contributed by atoms with Crippen molar-refractivity contribution in [2.75, 3.05) is 0 Å². The second kappa shape index (κ2) is 2.87. The molecule has 1 saturated carbocycles. The van der Waals surface area contributed by atoms with Crippen LogP contribution in [0.2, 0.25) is 0 Å². The first kappa shape index (κ1) is 6.61. The molecule has 0 aromatic heterocycles. The molecule has 1 atom stereocenters. The van der Waals surface area contributed by atoms with E-state index in [2.05, 4.69) is 6.07 Å². The van der Waals surface area contributed by atoms with E-state index in [0.29, 0.717) is 0 Å². The second-order valence-electron chi connectivity index (χ2n) is 2.07. The van der Waals surface area contributed by atoms with Crippen LogP contribution in [0.3, 0.4) is 0 Å². The van der Waals surface area contributed by atoms with Gasteiger partial charge in [0.1, 0.15) is 0 Å². The Morgan fingerprint density at radius 2 is 2.00 bits per heavy atom. The third-order valence-corrected chi connectivity index (χ3v) is 1.38. The molecular formula is C8H8N. The zero-order chi connectivity index (χ0) is 6.69. The molecule has 0 saturated heterocycles. The van der Waals surface area contributed by atoms with Gasteiger partial charge in [0.2, 0.25) is 0 Å². The van der Waals surface area contributed by atoms with Gasteiger partial charge in [-0.25, -0.2) is 0 Å². The Kier molecular flexibility index (Phi) is 2.10. The Labute approximate surface area is 56.7 Å². The monoisotopic (exact) mass is 118 g/mol. The smallest absolute Gasteiger partial charge is 0.0659 e. The van der Waals surface area contributed by atoms with Gasteiger partial charge in [-0.3, -0.25) is 0 Å². The summed E-state index contributed by atoms with van der Waals surface area (Å²) >= 11 is 0. The van der Waals surface area contributed by atoms with E-state index in [0.717, 1.165) is 5.92 Å². The summed E-state index contributed by atoms with van der Waals surface area (Å²) in [5.41, 5.74) is 0. The van der Waals surface area contributed by atoms with Crippen LogP contribution in [0.4, 0.5) is 0 Å². The Hall–Kier alpha value is -0.510. The van der Waals surface area contributed by atoms with Crippen molar-refractivity contribution < 1.29 is 0 Å². The molecule has 0 aromatic rings. The van der Waals surface area contributed by atoms with Crippen molar-refractivity contribution in [2.24, 2.45) is 5.92 Å². The number of nitrogens with zero attached hydrogens (tertiary/aromatic N) is 1. The molecule has 0 aromatic carbocycles. The summed E-state index contributed by atoms with van der Waals surface area (Å²) in [5.74, 6) is 1.15. The van der Waals surface area contributed by atoms with Crippen molar-refractivity contribution in [3.63, 3.8) is 0 Å². The summed E-state index contributed by atoms with van der Waals surface area (Å²) in [6.45, 7) is 1.90. The summed E-state index contributed by atoms with van der Waals surface area (Å²) in [6.07, 6.45) is 7.83.